The first-order valence-corrected chi connectivity index (χ1v) is 3.66. The number of morpholine rings is 1. The minimum absolute atomic E-state index is 0.568. The molecular weight excluding hydrogens is 154 g/mol. The van der Waals surface area contributed by atoms with Crippen LogP contribution in [0.2, 0.25) is 0 Å². The van der Waals surface area contributed by atoms with E-state index in [1.807, 2.05) is 4.90 Å². The van der Waals surface area contributed by atoms with E-state index in [2.05, 4.69) is 0 Å². The second-order valence-electron chi connectivity index (χ2n) is 1.87. The lowest BCUT2D eigenvalue weighted by atomic mass is 10.5. The summed E-state index contributed by atoms with van der Waals surface area (Å²) in [5.41, 5.74) is 0. The highest BCUT2D eigenvalue weighted by Crippen LogP contribution is 1.96. The van der Waals surface area contributed by atoms with Gasteiger partial charge in [-0.25, -0.2) is 0 Å². The number of ether oxygens (including phenoxy) is 1. The van der Waals surface area contributed by atoms with Crippen molar-refractivity contribution in [2.45, 2.75) is 0 Å². The Morgan fingerprint density at radius 1 is 1.44 bits per heavy atom. The van der Waals surface area contributed by atoms with E-state index in [0.717, 1.165) is 26.3 Å². The molecule has 1 aliphatic rings. The van der Waals surface area contributed by atoms with Crippen molar-refractivity contribution in [1.29, 1.82) is 0 Å². The normalized spacial score (nSPS) is 19.8. The maximum absolute atomic E-state index is 5.10. The topological polar surface area (TPSA) is 12.5 Å². The van der Waals surface area contributed by atoms with Crippen molar-refractivity contribution in [2.75, 3.05) is 26.3 Å². The van der Waals surface area contributed by atoms with Gasteiger partial charge < -0.3 is 34.5 Å². The minimum Gasteiger partial charge on any atom is -0.411 e. The number of nitrogens with zero attached hydrogens (tertiary/aromatic N) is 1. The molecule has 0 aromatic carbocycles. The molecule has 1 fully saturated rings. The zero-order valence-electron chi connectivity index (χ0n) is 5.00. The molecule has 1 rings (SSSR count). The van der Waals surface area contributed by atoms with E-state index in [4.69, 9.17) is 29.6 Å². The first kappa shape index (κ1) is 7.18. The lowest BCUT2D eigenvalue weighted by Crippen LogP contribution is -2.38. The van der Waals surface area contributed by atoms with Gasteiger partial charge in [0.1, 0.15) is 0 Å². The van der Waals surface area contributed by atoms with E-state index in [1.165, 1.54) is 0 Å². The third-order valence-corrected chi connectivity index (χ3v) is 1.79. The maximum atomic E-state index is 5.10. The van der Waals surface area contributed by atoms with Gasteiger partial charge in [-0.1, -0.05) is 4.32 Å². The van der Waals surface area contributed by atoms with Crippen LogP contribution in [0.3, 0.4) is 0 Å². The summed E-state index contributed by atoms with van der Waals surface area (Å²) in [4.78, 5) is 1.98. The molecular formula is C5H8NOS2-. The standard InChI is InChI=1S/C5H9NOS2/c8-5(9)6-1-3-7-4-2-6/h1-4H2,(H,8,9)/p-1. The predicted molar refractivity (Wildman–Crippen MR) is 42.4 cm³/mol. The second-order valence-corrected chi connectivity index (χ2v) is 2.90. The van der Waals surface area contributed by atoms with E-state index in [1.54, 1.807) is 0 Å². The minimum atomic E-state index is 0.568. The van der Waals surface area contributed by atoms with Crippen molar-refractivity contribution in [3.63, 3.8) is 0 Å². The van der Waals surface area contributed by atoms with E-state index in [-0.39, 0.29) is 0 Å². The van der Waals surface area contributed by atoms with Gasteiger partial charge in [-0.15, -0.1) is 0 Å². The molecule has 1 aliphatic heterocycles. The summed E-state index contributed by atoms with van der Waals surface area (Å²) in [6.45, 7) is 3.25. The molecule has 0 aromatic rings. The molecule has 2 nitrogen and oxygen atoms in total. The Morgan fingerprint density at radius 2 is 2.00 bits per heavy atom. The summed E-state index contributed by atoms with van der Waals surface area (Å²) in [7, 11) is 0. The van der Waals surface area contributed by atoms with Crippen molar-refractivity contribution in [2.24, 2.45) is 0 Å². The van der Waals surface area contributed by atoms with Crippen molar-refractivity contribution < 1.29 is 4.74 Å². The second kappa shape index (κ2) is 3.29. The van der Waals surface area contributed by atoms with Gasteiger partial charge in [-0.05, 0) is 0 Å². The van der Waals surface area contributed by atoms with Crippen molar-refractivity contribution in [3.05, 3.63) is 0 Å². The summed E-state index contributed by atoms with van der Waals surface area (Å²) < 4.78 is 5.67. The van der Waals surface area contributed by atoms with Crippen LogP contribution in [0.15, 0.2) is 0 Å². The van der Waals surface area contributed by atoms with Crippen molar-refractivity contribution in [1.82, 2.24) is 4.90 Å². The van der Waals surface area contributed by atoms with Crippen LogP contribution in [0, 0.1) is 0 Å². The Balaban J connectivity index is 2.31. The zero-order chi connectivity index (χ0) is 6.69. The van der Waals surface area contributed by atoms with Gasteiger partial charge in [0.15, 0.2) is 0 Å². The smallest absolute Gasteiger partial charge is 0.0641 e. The third-order valence-electron chi connectivity index (χ3n) is 1.27. The molecule has 0 aliphatic carbocycles. The fraction of sp³-hybridized carbons (Fsp3) is 0.800. The summed E-state index contributed by atoms with van der Waals surface area (Å²) >= 11 is 9.60. The van der Waals surface area contributed by atoms with Gasteiger partial charge in [0.2, 0.25) is 0 Å². The Labute approximate surface area is 65.6 Å². The highest BCUT2D eigenvalue weighted by molar-refractivity contribution is 8.00. The molecule has 52 valence electrons. The van der Waals surface area contributed by atoms with Gasteiger partial charge in [0.05, 0.1) is 13.2 Å². The average molecular weight is 162 g/mol. The van der Waals surface area contributed by atoms with Crippen molar-refractivity contribution >= 4 is 29.2 Å². The summed E-state index contributed by atoms with van der Waals surface area (Å²) in [5.74, 6) is 0. The predicted octanol–water partition coefficient (Wildman–Crippen LogP) is 0.150. The Morgan fingerprint density at radius 3 is 2.33 bits per heavy atom. The molecule has 1 saturated heterocycles. The molecule has 0 bridgehead atoms. The number of thiocarbonyl (C=S) groups is 1. The van der Waals surface area contributed by atoms with Crippen LogP contribution in [0.5, 0.6) is 0 Å². The molecule has 0 N–H and O–H groups in total. The summed E-state index contributed by atoms with van der Waals surface area (Å²) in [6, 6.07) is 0. The molecule has 0 aromatic heterocycles. The fourth-order valence-corrected chi connectivity index (χ4v) is 1.11. The van der Waals surface area contributed by atoms with Crippen LogP contribution in [-0.4, -0.2) is 35.5 Å². The van der Waals surface area contributed by atoms with Gasteiger partial charge >= 0.3 is 0 Å². The average Bonchev–Trinajstić information content (AvgIpc) is 1.90. The lowest BCUT2D eigenvalue weighted by molar-refractivity contribution is 0.0703. The number of hydrogen-bond donors (Lipinski definition) is 0. The van der Waals surface area contributed by atoms with Crippen LogP contribution >= 0.6 is 12.2 Å². The molecule has 1 heterocycles. The van der Waals surface area contributed by atoms with Gasteiger partial charge in [-0.3, -0.25) is 0 Å². The molecule has 0 saturated carbocycles. The zero-order valence-corrected chi connectivity index (χ0v) is 6.63. The molecule has 0 unspecified atom stereocenters. The highest BCUT2D eigenvalue weighted by atomic mass is 32.1. The van der Waals surface area contributed by atoms with Gasteiger partial charge in [0.25, 0.3) is 0 Å². The molecule has 0 radical (unpaired) electrons. The molecule has 0 spiro atoms. The number of rotatable bonds is 0. The Bertz CT molecular complexity index is 112. The largest absolute Gasteiger partial charge is 0.411 e. The summed E-state index contributed by atoms with van der Waals surface area (Å²) in [5, 5.41) is 0. The third kappa shape index (κ3) is 2.04. The quantitative estimate of drug-likeness (QED) is 0.371. The molecule has 9 heavy (non-hydrogen) atoms. The summed E-state index contributed by atoms with van der Waals surface area (Å²) in [6.07, 6.45) is 0. The number of hydrogen-bond acceptors (Lipinski definition) is 3. The fourth-order valence-electron chi connectivity index (χ4n) is 0.746. The first-order chi connectivity index (χ1) is 4.30. The Kier molecular flexibility index (Phi) is 2.63. The Hall–Kier alpha value is 0.0700. The molecule has 0 atom stereocenters. The lowest BCUT2D eigenvalue weighted by Gasteiger charge is -2.31. The van der Waals surface area contributed by atoms with E-state index >= 15 is 0 Å². The van der Waals surface area contributed by atoms with Crippen LogP contribution < -0.4 is 0 Å². The van der Waals surface area contributed by atoms with E-state index < -0.39 is 0 Å². The first-order valence-electron chi connectivity index (χ1n) is 2.84. The maximum Gasteiger partial charge on any atom is 0.0641 e. The van der Waals surface area contributed by atoms with Crippen LogP contribution in [0.25, 0.3) is 0 Å². The SMILES string of the molecule is S=C([S-])N1CCOCC1. The van der Waals surface area contributed by atoms with Crippen LogP contribution in [-0.2, 0) is 17.4 Å². The van der Waals surface area contributed by atoms with Gasteiger partial charge in [0, 0.05) is 13.1 Å². The van der Waals surface area contributed by atoms with Crippen LogP contribution in [0.1, 0.15) is 0 Å². The van der Waals surface area contributed by atoms with E-state index in [9.17, 15) is 0 Å². The van der Waals surface area contributed by atoms with E-state index in [0.29, 0.717) is 4.32 Å². The highest BCUT2D eigenvalue weighted by Gasteiger charge is 2.05. The van der Waals surface area contributed by atoms with Crippen LogP contribution in [0.4, 0.5) is 0 Å². The molecule has 4 heteroatoms. The molecule has 0 amide bonds. The monoisotopic (exact) mass is 162 g/mol. The van der Waals surface area contributed by atoms with Gasteiger partial charge in [-0.2, -0.15) is 0 Å². The van der Waals surface area contributed by atoms with Crippen molar-refractivity contribution in [3.8, 4) is 0 Å².